The summed E-state index contributed by atoms with van der Waals surface area (Å²) >= 11 is 3.47. The molecule has 0 spiro atoms. The molecule has 0 saturated heterocycles. The van der Waals surface area contributed by atoms with Gasteiger partial charge in [0.2, 0.25) is 5.95 Å². The summed E-state index contributed by atoms with van der Waals surface area (Å²) < 4.78 is 10.1. The van der Waals surface area contributed by atoms with E-state index in [0.717, 1.165) is 28.5 Å². The van der Waals surface area contributed by atoms with Crippen molar-refractivity contribution in [2.75, 3.05) is 11.9 Å². The highest BCUT2D eigenvalue weighted by Crippen LogP contribution is 2.19. The lowest BCUT2D eigenvalue weighted by Crippen LogP contribution is -2.22. The smallest absolute Gasteiger partial charge is 0.247 e. The van der Waals surface area contributed by atoms with Gasteiger partial charge in [0, 0.05) is 20.9 Å². The molecule has 0 amide bonds. The SMILES string of the molecule is C[Si](C)(C)CCOCn1cc(Nc2nc3c(Br)cccn3n2)cn1. The Kier molecular flexibility index (Phi) is 5.02. The zero-order valence-electron chi connectivity index (χ0n) is 14.0. The van der Waals surface area contributed by atoms with Crippen LogP contribution < -0.4 is 5.32 Å². The number of rotatable bonds is 7. The number of nitrogens with zero attached hydrogens (tertiary/aromatic N) is 5. The molecule has 0 aliphatic rings. The van der Waals surface area contributed by atoms with E-state index in [1.807, 2.05) is 24.5 Å². The molecule has 3 aromatic rings. The van der Waals surface area contributed by atoms with Crippen molar-refractivity contribution in [3.05, 3.63) is 35.2 Å². The summed E-state index contributed by atoms with van der Waals surface area (Å²) in [7, 11) is -1.05. The van der Waals surface area contributed by atoms with Crippen LogP contribution in [0.25, 0.3) is 5.65 Å². The molecule has 3 heterocycles. The molecule has 7 nitrogen and oxygen atoms in total. The molecule has 0 aromatic carbocycles. The Bertz CT molecular complexity index is 825. The zero-order valence-corrected chi connectivity index (χ0v) is 16.6. The fourth-order valence-corrected chi connectivity index (χ4v) is 3.27. The van der Waals surface area contributed by atoms with Gasteiger partial charge in [0.05, 0.1) is 22.6 Å². The van der Waals surface area contributed by atoms with Crippen LogP contribution in [-0.4, -0.2) is 39.1 Å². The maximum atomic E-state index is 5.69. The van der Waals surface area contributed by atoms with Crippen LogP contribution >= 0.6 is 15.9 Å². The van der Waals surface area contributed by atoms with Crippen molar-refractivity contribution in [2.24, 2.45) is 0 Å². The maximum absolute atomic E-state index is 5.69. The molecule has 1 N–H and O–H groups in total. The van der Waals surface area contributed by atoms with E-state index in [1.165, 1.54) is 0 Å². The van der Waals surface area contributed by atoms with Gasteiger partial charge in [-0.25, -0.2) is 9.20 Å². The molecule has 0 atom stereocenters. The molecule has 3 aromatic heterocycles. The zero-order chi connectivity index (χ0) is 17.2. The lowest BCUT2D eigenvalue weighted by Gasteiger charge is -2.15. The van der Waals surface area contributed by atoms with Gasteiger partial charge >= 0.3 is 0 Å². The number of pyridine rings is 1. The highest BCUT2D eigenvalue weighted by atomic mass is 79.9. The summed E-state index contributed by atoms with van der Waals surface area (Å²) in [5.41, 5.74) is 1.60. The predicted molar refractivity (Wildman–Crippen MR) is 100 cm³/mol. The minimum Gasteiger partial charge on any atom is -0.360 e. The van der Waals surface area contributed by atoms with Crippen LogP contribution in [-0.2, 0) is 11.5 Å². The third kappa shape index (κ3) is 4.43. The molecule has 24 heavy (non-hydrogen) atoms. The van der Waals surface area contributed by atoms with Crippen molar-refractivity contribution in [3.63, 3.8) is 0 Å². The molecule has 0 radical (unpaired) electrons. The monoisotopic (exact) mass is 408 g/mol. The Hall–Kier alpha value is -1.71. The third-order valence-corrected chi connectivity index (χ3v) is 5.75. The molecule has 0 saturated carbocycles. The number of anilines is 2. The molecule has 0 bridgehead atoms. The van der Waals surface area contributed by atoms with E-state index >= 15 is 0 Å². The van der Waals surface area contributed by atoms with Gasteiger partial charge in [-0.3, -0.25) is 0 Å². The van der Waals surface area contributed by atoms with Gasteiger partial charge in [-0.15, -0.1) is 5.10 Å². The summed E-state index contributed by atoms with van der Waals surface area (Å²) in [6.07, 6.45) is 5.48. The quantitative estimate of drug-likeness (QED) is 0.476. The number of ether oxygens (including phenoxy) is 1. The number of hydrogen-bond acceptors (Lipinski definition) is 5. The molecule has 9 heteroatoms. The first kappa shape index (κ1) is 17.1. The molecule has 128 valence electrons. The lowest BCUT2D eigenvalue weighted by molar-refractivity contribution is 0.0786. The van der Waals surface area contributed by atoms with Crippen LogP contribution in [0.5, 0.6) is 0 Å². The van der Waals surface area contributed by atoms with Crippen LogP contribution in [0.15, 0.2) is 35.2 Å². The normalized spacial score (nSPS) is 12.0. The predicted octanol–water partition coefficient (Wildman–Crippen LogP) is 3.74. The van der Waals surface area contributed by atoms with E-state index < -0.39 is 8.07 Å². The van der Waals surface area contributed by atoms with E-state index in [9.17, 15) is 0 Å². The summed E-state index contributed by atoms with van der Waals surface area (Å²) in [5.74, 6) is 0.529. The molecule has 3 rings (SSSR count). The van der Waals surface area contributed by atoms with Gasteiger partial charge in [0.1, 0.15) is 6.73 Å². The van der Waals surface area contributed by atoms with E-state index in [2.05, 4.69) is 56.1 Å². The van der Waals surface area contributed by atoms with Crippen molar-refractivity contribution >= 4 is 41.3 Å². The van der Waals surface area contributed by atoms with Crippen molar-refractivity contribution in [3.8, 4) is 0 Å². The standard InChI is InChI=1S/C15H21BrN6OSi/c1-24(2,3)8-7-23-11-21-10-12(9-17-21)18-15-19-14-13(16)5-4-6-22(14)20-15/h4-6,9-10H,7-8,11H2,1-3H3,(H,18,20). The average Bonchev–Trinajstić information content (AvgIpc) is 3.10. The van der Waals surface area contributed by atoms with Crippen LogP contribution in [0.4, 0.5) is 11.6 Å². The molecule has 0 unspecified atom stereocenters. The second-order valence-corrected chi connectivity index (χ2v) is 13.3. The van der Waals surface area contributed by atoms with Gasteiger partial charge in [-0.05, 0) is 34.1 Å². The number of fused-ring (bicyclic) bond motifs is 1. The average molecular weight is 409 g/mol. The van der Waals surface area contributed by atoms with Gasteiger partial charge in [-0.2, -0.15) is 10.1 Å². The maximum Gasteiger partial charge on any atom is 0.247 e. The fraction of sp³-hybridized carbons (Fsp3) is 0.400. The van der Waals surface area contributed by atoms with Crippen LogP contribution in [0, 0.1) is 0 Å². The highest BCUT2D eigenvalue weighted by Gasteiger charge is 2.12. The first-order valence-corrected chi connectivity index (χ1v) is 12.3. The van der Waals surface area contributed by atoms with Gasteiger partial charge in [-0.1, -0.05) is 19.6 Å². The van der Waals surface area contributed by atoms with E-state index in [1.54, 1.807) is 15.4 Å². The molecule has 0 fully saturated rings. The van der Waals surface area contributed by atoms with Crippen LogP contribution in [0.2, 0.25) is 25.7 Å². The minimum absolute atomic E-state index is 0.455. The number of aromatic nitrogens is 5. The van der Waals surface area contributed by atoms with Gasteiger partial charge in [0.15, 0.2) is 5.65 Å². The number of halogens is 1. The van der Waals surface area contributed by atoms with Crippen molar-refractivity contribution in [1.82, 2.24) is 24.4 Å². The third-order valence-electron chi connectivity index (χ3n) is 3.42. The van der Waals surface area contributed by atoms with E-state index in [0.29, 0.717) is 12.7 Å². The first-order chi connectivity index (χ1) is 11.4. The van der Waals surface area contributed by atoms with Crippen molar-refractivity contribution in [1.29, 1.82) is 0 Å². The largest absolute Gasteiger partial charge is 0.360 e. The van der Waals surface area contributed by atoms with Crippen molar-refractivity contribution in [2.45, 2.75) is 32.4 Å². The van der Waals surface area contributed by atoms with E-state index in [-0.39, 0.29) is 0 Å². The summed E-state index contributed by atoms with van der Waals surface area (Å²) in [4.78, 5) is 4.45. The molecule has 0 aliphatic heterocycles. The number of hydrogen-bond donors (Lipinski definition) is 1. The Morgan fingerprint density at radius 1 is 1.33 bits per heavy atom. The van der Waals surface area contributed by atoms with E-state index in [4.69, 9.17) is 4.74 Å². The Morgan fingerprint density at radius 2 is 2.17 bits per heavy atom. The van der Waals surface area contributed by atoms with Crippen LogP contribution in [0.1, 0.15) is 0 Å². The second-order valence-electron chi connectivity index (χ2n) is 6.80. The topological polar surface area (TPSA) is 69.3 Å². The Balaban J connectivity index is 1.58. The molecular formula is C15H21BrN6OSi. The molecule has 0 aliphatic carbocycles. The Morgan fingerprint density at radius 3 is 2.92 bits per heavy atom. The second kappa shape index (κ2) is 7.04. The number of nitrogens with one attached hydrogen (secondary N) is 1. The fourth-order valence-electron chi connectivity index (χ4n) is 2.09. The van der Waals surface area contributed by atoms with Crippen LogP contribution in [0.3, 0.4) is 0 Å². The summed E-state index contributed by atoms with van der Waals surface area (Å²) in [5, 5.41) is 11.8. The lowest BCUT2D eigenvalue weighted by atomic mass is 10.5. The summed E-state index contributed by atoms with van der Waals surface area (Å²) in [6, 6.07) is 4.99. The summed E-state index contributed by atoms with van der Waals surface area (Å²) in [6.45, 7) is 8.25. The highest BCUT2D eigenvalue weighted by molar-refractivity contribution is 9.10. The van der Waals surface area contributed by atoms with Crippen molar-refractivity contribution < 1.29 is 4.74 Å². The van der Waals surface area contributed by atoms with Gasteiger partial charge in [0.25, 0.3) is 0 Å². The minimum atomic E-state index is -1.05. The molecular weight excluding hydrogens is 388 g/mol. The van der Waals surface area contributed by atoms with Gasteiger partial charge < -0.3 is 10.1 Å². The first-order valence-electron chi connectivity index (χ1n) is 7.79. The Labute approximate surface area is 150 Å².